The third-order valence-electron chi connectivity index (χ3n) is 1.56. The molecule has 0 rings (SSSR count). The summed E-state index contributed by atoms with van der Waals surface area (Å²) in [4.78, 5) is 11.2. The summed E-state index contributed by atoms with van der Waals surface area (Å²) in [6.45, 7) is 3.39. The van der Waals surface area contributed by atoms with Crippen molar-refractivity contribution in [3.63, 3.8) is 0 Å². The molecule has 2 N–H and O–H groups in total. The minimum atomic E-state index is -0.0356. The molecule has 1 atom stereocenters. The topological polar surface area (TPSA) is 50.4 Å². The summed E-state index contributed by atoms with van der Waals surface area (Å²) in [6, 6.07) is 0.0435. The lowest BCUT2D eigenvalue weighted by Crippen LogP contribution is -2.41. The van der Waals surface area contributed by atoms with E-state index in [0.29, 0.717) is 26.1 Å². The van der Waals surface area contributed by atoms with E-state index in [-0.39, 0.29) is 11.9 Å². The first-order valence-corrected chi connectivity index (χ1v) is 4.63. The van der Waals surface area contributed by atoms with Gasteiger partial charge in [0.1, 0.15) is 0 Å². The normalized spacial score (nSPS) is 11.8. The Labute approximate surface area is 85.4 Å². The number of rotatable bonds is 7. The van der Waals surface area contributed by atoms with E-state index in [2.05, 4.69) is 16.6 Å². The van der Waals surface area contributed by atoms with Gasteiger partial charge in [-0.2, -0.15) is 0 Å². The highest BCUT2D eigenvalue weighted by Gasteiger charge is 2.05. The van der Waals surface area contributed by atoms with Gasteiger partial charge in [-0.05, 0) is 6.92 Å². The van der Waals surface area contributed by atoms with Crippen molar-refractivity contribution in [1.82, 2.24) is 10.6 Å². The summed E-state index contributed by atoms with van der Waals surface area (Å²) >= 11 is 0. The Kier molecular flexibility index (Phi) is 7.90. The maximum Gasteiger partial charge on any atom is 0.234 e. The Balaban J connectivity index is 3.41. The summed E-state index contributed by atoms with van der Waals surface area (Å²) in [5.74, 6) is 2.45. The second kappa shape index (κ2) is 8.54. The number of hydrogen-bond donors (Lipinski definition) is 2. The fraction of sp³-hybridized carbons (Fsp3) is 0.700. The SMILES string of the molecule is C#CCCNCC(=O)NC(C)COC. The first-order valence-electron chi connectivity index (χ1n) is 4.63. The Bertz CT molecular complexity index is 199. The number of nitrogens with one attached hydrogen (secondary N) is 2. The highest BCUT2D eigenvalue weighted by molar-refractivity contribution is 5.78. The molecule has 0 saturated heterocycles. The molecule has 0 aromatic carbocycles. The van der Waals surface area contributed by atoms with Gasteiger partial charge in [-0.15, -0.1) is 12.3 Å². The number of carbonyl (C=O) groups is 1. The molecule has 80 valence electrons. The van der Waals surface area contributed by atoms with Crippen LogP contribution >= 0.6 is 0 Å². The molecule has 0 bridgehead atoms. The summed E-state index contributed by atoms with van der Waals surface area (Å²) in [5, 5.41) is 5.72. The smallest absolute Gasteiger partial charge is 0.234 e. The lowest BCUT2D eigenvalue weighted by atomic mass is 10.3. The minimum absolute atomic E-state index is 0.0356. The molecule has 0 saturated carbocycles. The van der Waals surface area contributed by atoms with Gasteiger partial charge in [0.15, 0.2) is 0 Å². The van der Waals surface area contributed by atoms with Crippen LogP contribution in [0.5, 0.6) is 0 Å². The maximum absolute atomic E-state index is 11.2. The molecule has 0 aliphatic carbocycles. The number of methoxy groups -OCH3 is 1. The van der Waals surface area contributed by atoms with Crippen molar-refractivity contribution in [1.29, 1.82) is 0 Å². The fourth-order valence-electron chi connectivity index (χ4n) is 0.980. The van der Waals surface area contributed by atoms with Crippen LogP contribution in [-0.2, 0) is 9.53 Å². The number of terminal acetylenes is 1. The predicted molar refractivity (Wildman–Crippen MR) is 55.8 cm³/mol. The first kappa shape index (κ1) is 12.9. The van der Waals surface area contributed by atoms with Crippen molar-refractivity contribution in [2.24, 2.45) is 0 Å². The van der Waals surface area contributed by atoms with Crippen LogP contribution in [0.2, 0.25) is 0 Å². The second-order valence-electron chi connectivity index (χ2n) is 3.05. The van der Waals surface area contributed by atoms with Crippen LogP contribution in [0.4, 0.5) is 0 Å². The standard InChI is InChI=1S/C10H18N2O2/c1-4-5-6-11-7-10(13)12-9(2)8-14-3/h1,9,11H,5-8H2,2-3H3,(H,12,13). The average Bonchev–Trinajstić information content (AvgIpc) is 2.13. The predicted octanol–water partition coefficient (Wildman–Crippen LogP) is -0.250. The molecule has 0 spiro atoms. The van der Waals surface area contributed by atoms with Crippen LogP contribution in [0.3, 0.4) is 0 Å². The largest absolute Gasteiger partial charge is 0.383 e. The summed E-state index contributed by atoms with van der Waals surface area (Å²) in [7, 11) is 1.60. The third kappa shape index (κ3) is 7.59. The van der Waals surface area contributed by atoms with E-state index in [1.807, 2.05) is 6.92 Å². The van der Waals surface area contributed by atoms with Gasteiger partial charge in [0.2, 0.25) is 5.91 Å². The quantitative estimate of drug-likeness (QED) is 0.438. The monoisotopic (exact) mass is 198 g/mol. The van der Waals surface area contributed by atoms with Gasteiger partial charge in [0, 0.05) is 26.1 Å². The van der Waals surface area contributed by atoms with E-state index in [1.54, 1.807) is 7.11 Å². The summed E-state index contributed by atoms with van der Waals surface area (Å²) in [5.41, 5.74) is 0. The Morgan fingerprint density at radius 3 is 2.93 bits per heavy atom. The van der Waals surface area contributed by atoms with Crippen molar-refractivity contribution in [2.75, 3.05) is 26.8 Å². The maximum atomic E-state index is 11.2. The second-order valence-corrected chi connectivity index (χ2v) is 3.05. The van der Waals surface area contributed by atoms with Gasteiger partial charge < -0.3 is 15.4 Å². The van der Waals surface area contributed by atoms with E-state index in [4.69, 9.17) is 11.2 Å². The van der Waals surface area contributed by atoms with Crippen LogP contribution in [0.1, 0.15) is 13.3 Å². The molecule has 4 heteroatoms. The van der Waals surface area contributed by atoms with Crippen LogP contribution in [0.15, 0.2) is 0 Å². The molecule has 0 aliphatic heterocycles. The third-order valence-corrected chi connectivity index (χ3v) is 1.56. The lowest BCUT2D eigenvalue weighted by Gasteiger charge is -2.12. The van der Waals surface area contributed by atoms with Crippen molar-refractivity contribution >= 4 is 5.91 Å². The zero-order valence-corrected chi connectivity index (χ0v) is 8.80. The zero-order chi connectivity index (χ0) is 10.8. The molecule has 0 aliphatic rings. The van der Waals surface area contributed by atoms with Crippen LogP contribution in [0.25, 0.3) is 0 Å². The van der Waals surface area contributed by atoms with Crippen LogP contribution < -0.4 is 10.6 Å². The molecule has 1 amide bonds. The van der Waals surface area contributed by atoms with E-state index in [1.165, 1.54) is 0 Å². The van der Waals surface area contributed by atoms with Crippen LogP contribution in [-0.4, -0.2) is 38.8 Å². The minimum Gasteiger partial charge on any atom is -0.383 e. The van der Waals surface area contributed by atoms with Crippen molar-refractivity contribution in [2.45, 2.75) is 19.4 Å². The number of hydrogen-bond acceptors (Lipinski definition) is 3. The highest BCUT2D eigenvalue weighted by atomic mass is 16.5. The molecule has 0 heterocycles. The Hall–Kier alpha value is -1.05. The van der Waals surface area contributed by atoms with Crippen LogP contribution in [0, 0.1) is 12.3 Å². The number of ether oxygens (including phenoxy) is 1. The summed E-state index contributed by atoms with van der Waals surface area (Å²) in [6.07, 6.45) is 5.70. The average molecular weight is 198 g/mol. The van der Waals surface area contributed by atoms with Gasteiger partial charge in [-0.25, -0.2) is 0 Å². The molecule has 14 heavy (non-hydrogen) atoms. The molecular formula is C10H18N2O2. The van der Waals surface area contributed by atoms with E-state index in [0.717, 1.165) is 0 Å². The molecule has 4 nitrogen and oxygen atoms in total. The van der Waals surface area contributed by atoms with Gasteiger partial charge in [-0.1, -0.05) is 0 Å². The Morgan fingerprint density at radius 2 is 2.36 bits per heavy atom. The van der Waals surface area contributed by atoms with E-state index < -0.39 is 0 Å². The van der Waals surface area contributed by atoms with Crippen molar-refractivity contribution in [3.8, 4) is 12.3 Å². The molecule has 0 aromatic rings. The van der Waals surface area contributed by atoms with E-state index in [9.17, 15) is 4.79 Å². The highest BCUT2D eigenvalue weighted by Crippen LogP contribution is 1.81. The molecule has 0 aromatic heterocycles. The molecule has 1 unspecified atom stereocenters. The van der Waals surface area contributed by atoms with Gasteiger partial charge in [-0.3, -0.25) is 4.79 Å². The van der Waals surface area contributed by atoms with Gasteiger partial charge in [0.25, 0.3) is 0 Å². The lowest BCUT2D eigenvalue weighted by molar-refractivity contribution is -0.121. The van der Waals surface area contributed by atoms with Crippen molar-refractivity contribution in [3.05, 3.63) is 0 Å². The van der Waals surface area contributed by atoms with Gasteiger partial charge >= 0.3 is 0 Å². The van der Waals surface area contributed by atoms with E-state index >= 15 is 0 Å². The number of amides is 1. The van der Waals surface area contributed by atoms with Gasteiger partial charge in [0.05, 0.1) is 13.2 Å². The number of carbonyl (C=O) groups excluding carboxylic acids is 1. The molecule has 0 fully saturated rings. The fourth-order valence-corrected chi connectivity index (χ4v) is 0.980. The molecular weight excluding hydrogens is 180 g/mol. The summed E-state index contributed by atoms with van der Waals surface area (Å²) < 4.78 is 4.89. The van der Waals surface area contributed by atoms with Crippen molar-refractivity contribution < 1.29 is 9.53 Å². The first-order chi connectivity index (χ1) is 6.70. The zero-order valence-electron chi connectivity index (χ0n) is 8.80. The molecule has 0 radical (unpaired) electrons. The Morgan fingerprint density at radius 1 is 1.64 bits per heavy atom.